The molecule has 4 heteroatoms. The summed E-state index contributed by atoms with van der Waals surface area (Å²) in [7, 11) is 0. The molecule has 0 N–H and O–H groups in total. The molecule has 0 saturated carbocycles. The number of benzene rings is 1. The minimum atomic E-state index is -0.471. The second-order valence-electron chi connectivity index (χ2n) is 4.57. The van der Waals surface area contributed by atoms with Gasteiger partial charge in [0.2, 0.25) is 0 Å². The normalized spacial score (nSPS) is 11.2. The fourth-order valence-electron chi connectivity index (χ4n) is 1.92. The Kier molecular flexibility index (Phi) is 6.00. The Bertz CT molecular complexity index is 672. The number of hydrogen-bond acceptors (Lipinski definition) is 3. The molecule has 112 valence electrons. The van der Waals surface area contributed by atoms with Crippen molar-refractivity contribution in [3.05, 3.63) is 64.9 Å². The van der Waals surface area contributed by atoms with Crippen molar-refractivity contribution in [3.8, 4) is 11.8 Å². The van der Waals surface area contributed by atoms with Gasteiger partial charge >= 0.3 is 5.97 Å². The highest BCUT2D eigenvalue weighted by Crippen LogP contribution is 2.19. The molecule has 2 rings (SSSR count). The molecule has 0 aliphatic carbocycles. The second-order valence-corrected chi connectivity index (χ2v) is 5.01. The zero-order valence-corrected chi connectivity index (χ0v) is 13.0. The molecule has 0 aliphatic rings. The lowest BCUT2D eigenvalue weighted by Gasteiger charge is -2.12. The van der Waals surface area contributed by atoms with Crippen molar-refractivity contribution in [2.75, 3.05) is 6.61 Å². The smallest absolute Gasteiger partial charge is 0.315 e. The molecule has 0 spiro atoms. The maximum absolute atomic E-state index is 12.1. The van der Waals surface area contributed by atoms with Crippen molar-refractivity contribution in [3.63, 3.8) is 0 Å². The van der Waals surface area contributed by atoms with Gasteiger partial charge < -0.3 is 4.74 Å². The molecule has 2 aromatic rings. The van der Waals surface area contributed by atoms with Crippen LogP contribution in [0.1, 0.15) is 30.5 Å². The van der Waals surface area contributed by atoms with Gasteiger partial charge in [0.25, 0.3) is 0 Å². The Morgan fingerprint density at radius 3 is 2.68 bits per heavy atom. The number of pyridine rings is 1. The number of aromatic nitrogens is 1. The van der Waals surface area contributed by atoms with E-state index in [1.165, 1.54) is 0 Å². The van der Waals surface area contributed by atoms with Crippen LogP contribution < -0.4 is 0 Å². The van der Waals surface area contributed by atoms with Gasteiger partial charge in [-0.25, -0.2) is 0 Å². The summed E-state index contributed by atoms with van der Waals surface area (Å²) in [5.41, 5.74) is 1.53. The number of hydrogen-bond donors (Lipinski definition) is 0. The van der Waals surface area contributed by atoms with Crippen LogP contribution in [0.25, 0.3) is 0 Å². The van der Waals surface area contributed by atoms with Crippen LogP contribution in [0, 0.1) is 11.8 Å². The average Bonchev–Trinajstić information content (AvgIpc) is 2.54. The summed E-state index contributed by atoms with van der Waals surface area (Å²) in [6.07, 6.45) is 2.02. The molecule has 22 heavy (non-hydrogen) atoms. The molecule has 1 heterocycles. The minimum absolute atomic E-state index is 0.299. The maximum Gasteiger partial charge on any atom is 0.315 e. The van der Waals surface area contributed by atoms with Gasteiger partial charge in [-0.15, -0.1) is 0 Å². The number of esters is 1. The van der Waals surface area contributed by atoms with Crippen LogP contribution in [0.4, 0.5) is 0 Å². The van der Waals surface area contributed by atoms with Gasteiger partial charge in [-0.05, 0) is 43.3 Å². The van der Waals surface area contributed by atoms with E-state index in [1.54, 1.807) is 25.3 Å². The number of carbonyl (C=O) groups is 1. The zero-order valence-electron chi connectivity index (χ0n) is 12.3. The molecule has 0 fully saturated rings. The summed E-state index contributed by atoms with van der Waals surface area (Å²) in [5, 5.41) is 0.670. The minimum Gasteiger partial charge on any atom is -0.465 e. The molecule has 0 radical (unpaired) electrons. The number of halogens is 1. The number of carbonyl (C=O) groups excluding carboxylic acids is 1. The van der Waals surface area contributed by atoms with Crippen LogP contribution in [-0.4, -0.2) is 17.6 Å². The average molecular weight is 314 g/mol. The fraction of sp³-hybridized carbons (Fsp3) is 0.222. The SMILES string of the molecule is CCOC(=O)C(CC#Cc1ccc(Cl)cc1)c1ccccn1. The molecule has 3 nitrogen and oxygen atoms in total. The molecule has 1 aromatic carbocycles. The van der Waals surface area contributed by atoms with Crippen LogP contribution in [0.5, 0.6) is 0 Å². The van der Waals surface area contributed by atoms with Crippen LogP contribution in [0.2, 0.25) is 5.02 Å². The predicted molar refractivity (Wildman–Crippen MR) is 86.6 cm³/mol. The van der Waals surface area contributed by atoms with Crippen molar-refractivity contribution >= 4 is 17.6 Å². The summed E-state index contributed by atoms with van der Waals surface area (Å²) in [4.78, 5) is 16.3. The first-order chi connectivity index (χ1) is 10.7. The van der Waals surface area contributed by atoms with Crippen molar-refractivity contribution < 1.29 is 9.53 Å². The monoisotopic (exact) mass is 313 g/mol. The van der Waals surface area contributed by atoms with Gasteiger partial charge in [-0.3, -0.25) is 9.78 Å². The van der Waals surface area contributed by atoms with E-state index in [1.807, 2.05) is 30.3 Å². The molecule has 0 saturated heterocycles. The Morgan fingerprint density at radius 1 is 1.27 bits per heavy atom. The number of rotatable bonds is 4. The van der Waals surface area contributed by atoms with E-state index in [-0.39, 0.29) is 5.97 Å². The van der Waals surface area contributed by atoms with Crippen LogP contribution >= 0.6 is 11.6 Å². The lowest BCUT2D eigenvalue weighted by molar-refractivity contribution is -0.144. The molecular weight excluding hydrogens is 298 g/mol. The van der Waals surface area contributed by atoms with Gasteiger partial charge in [-0.2, -0.15) is 0 Å². The quantitative estimate of drug-likeness (QED) is 0.636. The number of ether oxygens (including phenoxy) is 1. The Labute approximate surface area is 135 Å². The molecule has 1 aromatic heterocycles. The van der Waals surface area contributed by atoms with Gasteiger partial charge in [0.15, 0.2) is 0 Å². The third kappa shape index (κ3) is 4.61. The van der Waals surface area contributed by atoms with Crippen LogP contribution in [-0.2, 0) is 9.53 Å². The first-order valence-electron chi connectivity index (χ1n) is 7.02. The van der Waals surface area contributed by atoms with Crippen molar-refractivity contribution in [2.24, 2.45) is 0 Å². The summed E-state index contributed by atoms with van der Waals surface area (Å²) in [5.74, 6) is 5.28. The third-order valence-electron chi connectivity index (χ3n) is 3.00. The van der Waals surface area contributed by atoms with Gasteiger partial charge in [-0.1, -0.05) is 29.5 Å². The summed E-state index contributed by atoms with van der Waals surface area (Å²) < 4.78 is 5.11. The van der Waals surface area contributed by atoms with Gasteiger partial charge in [0.1, 0.15) is 5.92 Å². The Morgan fingerprint density at radius 2 is 2.05 bits per heavy atom. The van der Waals surface area contributed by atoms with E-state index in [2.05, 4.69) is 16.8 Å². The third-order valence-corrected chi connectivity index (χ3v) is 3.25. The van der Waals surface area contributed by atoms with E-state index < -0.39 is 5.92 Å². The van der Waals surface area contributed by atoms with E-state index in [9.17, 15) is 4.79 Å². The van der Waals surface area contributed by atoms with Crippen LogP contribution in [0.3, 0.4) is 0 Å². The first kappa shape index (κ1) is 16.1. The van der Waals surface area contributed by atoms with Gasteiger partial charge in [0, 0.05) is 23.2 Å². The standard InChI is InChI=1S/C18H16ClNO2/c1-2-22-18(21)16(17-8-3-4-13-20-17)7-5-6-14-9-11-15(19)12-10-14/h3-4,8-13,16H,2,7H2,1H3. The predicted octanol–water partition coefficient (Wildman–Crippen LogP) is 3.82. The summed E-state index contributed by atoms with van der Waals surface area (Å²) in [6.45, 7) is 2.12. The zero-order chi connectivity index (χ0) is 15.8. The van der Waals surface area contributed by atoms with Crippen molar-refractivity contribution in [1.29, 1.82) is 0 Å². The summed E-state index contributed by atoms with van der Waals surface area (Å²) in [6, 6.07) is 12.7. The Balaban J connectivity index is 2.14. The lowest BCUT2D eigenvalue weighted by Crippen LogP contribution is -2.16. The molecule has 1 unspecified atom stereocenters. The van der Waals surface area contributed by atoms with E-state index in [0.717, 1.165) is 5.56 Å². The highest BCUT2D eigenvalue weighted by Gasteiger charge is 2.22. The molecular formula is C18H16ClNO2. The van der Waals surface area contributed by atoms with E-state index >= 15 is 0 Å². The number of nitrogens with zero attached hydrogens (tertiary/aromatic N) is 1. The Hall–Kier alpha value is -2.31. The highest BCUT2D eigenvalue weighted by molar-refractivity contribution is 6.30. The highest BCUT2D eigenvalue weighted by atomic mass is 35.5. The first-order valence-corrected chi connectivity index (χ1v) is 7.40. The molecule has 0 bridgehead atoms. The lowest BCUT2D eigenvalue weighted by atomic mass is 10.0. The van der Waals surface area contributed by atoms with E-state index in [4.69, 9.17) is 16.3 Å². The molecule has 0 aliphatic heterocycles. The molecule has 0 amide bonds. The van der Waals surface area contributed by atoms with Crippen molar-refractivity contribution in [1.82, 2.24) is 4.98 Å². The van der Waals surface area contributed by atoms with E-state index in [0.29, 0.717) is 23.7 Å². The molecule has 1 atom stereocenters. The second kappa shape index (κ2) is 8.21. The largest absolute Gasteiger partial charge is 0.465 e. The van der Waals surface area contributed by atoms with Crippen molar-refractivity contribution in [2.45, 2.75) is 19.3 Å². The van der Waals surface area contributed by atoms with Crippen LogP contribution in [0.15, 0.2) is 48.7 Å². The topological polar surface area (TPSA) is 39.2 Å². The van der Waals surface area contributed by atoms with Gasteiger partial charge in [0.05, 0.1) is 12.3 Å². The fourth-order valence-corrected chi connectivity index (χ4v) is 2.05. The maximum atomic E-state index is 12.1. The summed E-state index contributed by atoms with van der Waals surface area (Å²) >= 11 is 5.83.